The van der Waals surface area contributed by atoms with Crippen molar-refractivity contribution in [3.8, 4) is 16.8 Å². The van der Waals surface area contributed by atoms with Gasteiger partial charge in [0.05, 0.1) is 22.1 Å². The van der Waals surface area contributed by atoms with Crippen LogP contribution in [0.1, 0.15) is 22.3 Å². The van der Waals surface area contributed by atoms with E-state index in [2.05, 4.69) is 108 Å². The SMILES string of the molecule is Clc1ccc2c(c1)-n1c3ccccc3c3cccc(c31)C21c2ccccc2-c2ccccc21. The highest BCUT2D eigenvalue weighted by molar-refractivity contribution is 6.31. The first kappa shape index (κ1) is 17.7. The molecule has 0 atom stereocenters. The zero-order valence-electron chi connectivity index (χ0n) is 17.7. The standard InChI is InChI=1S/C31H18ClN/c32-19-16-17-26-29(18-19)33-28-15-6-3-10-22(28)23-11-7-14-27(30(23)33)31(26)24-12-4-1-8-20(24)21-9-2-5-13-25(21)31/h1-18H. The average Bonchev–Trinajstić information content (AvgIpc) is 3.35. The Bertz CT molecular complexity index is 1740. The van der Waals surface area contributed by atoms with Crippen molar-refractivity contribution in [2.24, 2.45) is 0 Å². The maximum Gasteiger partial charge on any atom is 0.0754 e. The van der Waals surface area contributed by atoms with Gasteiger partial charge < -0.3 is 4.57 Å². The monoisotopic (exact) mass is 439 g/mol. The molecule has 0 amide bonds. The lowest BCUT2D eigenvalue weighted by Crippen LogP contribution is -2.33. The second-order valence-corrected chi connectivity index (χ2v) is 9.49. The molecule has 0 saturated carbocycles. The molecular weight excluding hydrogens is 422 g/mol. The number of nitrogens with zero attached hydrogens (tertiary/aromatic N) is 1. The molecule has 5 aromatic carbocycles. The third-order valence-electron chi connectivity index (χ3n) is 7.66. The van der Waals surface area contributed by atoms with E-state index in [-0.39, 0.29) is 5.41 Å². The van der Waals surface area contributed by atoms with Crippen LogP contribution in [-0.4, -0.2) is 4.57 Å². The topological polar surface area (TPSA) is 4.93 Å². The van der Waals surface area contributed by atoms with Crippen molar-refractivity contribution in [3.63, 3.8) is 0 Å². The number of rotatable bonds is 0. The van der Waals surface area contributed by atoms with Crippen molar-refractivity contribution in [1.82, 2.24) is 4.57 Å². The molecule has 1 aliphatic carbocycles. The molecular formula is C31H18ClN. The van der Waals surface area contributed by atoms with Crippen LogP contribution in [0, 0.1) is 0 Å². The molecule has 2 heteroatoms. The zero-order chi connectivity index (χ0) is 21.7. The number of benzene rings is 5. The molecule has 1 nitrogen and oxygen atoms in total. The van der Waals surface area contributed by atoms with Crippen LogP contribution in [0.4, 0.5) is 0 Å². The largest absolute Gasteiger partial charge is 0.309 e. The summed E-state index contributed by atoms with van der Waals surface area (Å²) in [6.45, 7) is 0. The summed E-state index contributed by atoms with van der Waals surface area (Å²) in [6.07, 6.45) is 0. The zero-order valence-corrected chi connectivity index (χ0v) is 18.5. The van der Waals surface area contributed by atoms with Crippen LogP contribution in [0.3, 0.4) is 0 Å². The Balaban J connectivity index is 1.71. The molecule has 0 radical (unpaired) electrons. The molecule has 6 aromatic rings. The van der Waals surface area contributed by atoms with Gasteiger partial charge in [0.2, 0.25) is 0 Å². The summed E-state index contributed by atoms with van der Waals surface area (Å²) in [5, 5.41) is 3.32. The summed E-state index contributed by atoms with van der Waals surface area (Å²) >= 11 is 6.64. The molecule has 2 aliphatic rings. The molecule has 33 heavy (non-hydrogen) atoms. The van der Waals surface area contributed by atoms with E-state index in [0.29, 0.717) is 0 Å². The van der Waals surface area contributed by atoms with E-state index >= 15 is 0 Å². The highest BCUT2D eigenvalue weighted by Crippen LogP contribution is 2.60. The maximum atomic E-state index is 6.64. The van der Waals surface area contributed by atoms with Gasteiger partial charge in [-0.1, -0.05) is 103 Å². The molecule has 0 unspecified atom stereocenters. The normalized spacial score (nSPS) is 14.5. The van der Waals surface area contributed by atoms with Crippen LogP contribution < -0.4 is 0 Å². The first-order chi connectivity index (χ1) is 16.3. The van der Waals surface area contributed by atoms with E-state index in [1.807, 2.05) is 6.07 Å². The van der Waals surface area contributed by atoms with Crippen molar-refractivity contribution in [3.05, 3.63) is 136 Å². The van der Waals surface area contributed by atoms with Crippen molar-refractivity contribution >= 4 is 33.4 Å². The predicted octanol–water partition coefficient (Wildman–Crippen LogP) is 8.11. The molecule has 154 valence electrons. The molecule has 8 rings (SSSR count). The Hall–Kier alpha value is -3.81. The Morgan fingerprint density at radius 1 is 0.545 bits per heavy atom. The fraction of sp³-hybridized carbons (Fsp3) is 0.0323. The lowest BCUT2D eigenvalue weighted by atomic mass is 9.65. The molecule has 0 fully saturated rings. The van der Waals surface area contributed by atoms with Gasteiger partial charge in [0.25, 0.3) is 0 Å². The quantitative estimate of drug-likeness (QED) is 0.225. The van der Waals surface area contributed by atoms with Gasteiger partial charge in [0.15, 0.2) is 0 Å². The number of aromatic nitrogens is 1. The van der Waals surface area contributed by atoms with E-state index in [1.165, 1.54) is 60.9 Å². The lowest BCUT2D eigenvalue weighted by Gasteiger charge is -2.39. The van der Waals surface area contributed by atoms with Gasteiger partial charge in [-0.3, -0.25) is 0 Å². The van der Waals surface area contributed by atoms with Crippen LogP contribution in [0.25, 0.3) is 38.6 Å². The van der Waals surface area contributed by atoms with Crippen molar-refractivity contribution in [2.75, 3.05) is 0 Å². The Labute approximate surface area is 196 Å². The fourth-order valence-electron chi connectivity index (χ4n) is 6.54. The minimum atomic E-state index is -0.378. The molecule has 0 N–H and O–H groups in total. The Kier molecular flexibility index (Phi) is 3.19. The third-order valence-corrected chi connectivity index (χ3v) is 7.89. The molecule has 1 aliphatic heterocycles. The van der Waals surface area contributed by atoms with E-state index in [9.17, 15) is 0 Å². The van der Waals surface area contributed by atoms with E-state index in [0.717, 1.165) is 5.02 Å². The summed E-state index contributed by atoms with van der Waals surface area (Å²) in [7, 11) is 0. The van der Waals surface area contributed by atoms with Crippen LogP contribution in [0.2, 0.25) is 5.02 Å². The summed E-state index contributed by atoms with van der Waals surface area (Å²) in [4.78, 5) is 0. The lowest BCUT2D eigenvalue weighted by molar-refractivity contribution is 0.748. The van der Waals surface area contributed by atoms with Crippen LogP contribution in [0.15, 0.2) is 109 Å². The van der Waals surface area contributed by atoms with Gasteiger partial charge >= 0.3 is 0 Å². The van der Waals surface area contributed by atoms with E-state index in [1.54, 1.807) is 0 Å². The maximum absolute atomic E-state index is 6.64. The summed E-state index contributed by atoms with van der Waals surface area (Å²) in [5.41, 5.74) is 11.2. The van der Waals surface area contributed by atoms with Crippen molar-refractivity contribution < 1.29 is 0 Å². The predicted molar refractivity (Wildman–Crippen MR) is 137 cm³/mol. The number of halogens is 1. The third kappa shape index (κ3) is 1.93. The first-order valence-electron chi connectivity index (χ1n) is 11.3. The minimum absolute atomic E-state index is 0.378. The molecule has 0 bridgehead atoms. The highest BCUT2D eigenvalue weighted by Gasteiger charge is 2.50. The number of fused-ring (bicyclic) bond motifs is 12. The fourth-order valence-corrected chi connectivity index (χ4v) is 6.71. The first-order valence-corrected chi connectivity index (χ1v) is 11.7. The average molecular weight is 440 g/mol. The molecule has 2 heterocycles. The van der Waals surface area contributed by atoms with Crippen LogP contribution >= 0.6 is 11.6 Å². The van der Waals surface area contributed by atoms with Crippen molar-refractivity contribution in [1.29, 1.82) is 0 Å². The smallest absolute Gasteiger partial charge is 0.0754 e. The van der Waals surface area contributed by atoms with Gasteiger partial charge in [-0.25, -0.2) is 0 Å². The van der Waals surface area contributed by atoms with Gasteiger partial charge in [-0.15, -0.1) is 0 Å². The molecule has 0 saturated heterocycles. The van der Waals surface area contributed by atoms with E-state index in [4.69, 9.17) is 11.6 Å². The van der Waals surface area contributed by atoms with Crippen LogP contribution in [0.5, 0.6) is 0 Å². The van der Waals surface area contributed by atoms with Crippen molar-refractivity contribution in [2.45, 2.75) is 5.41 Å². The van der Waals surface area contributed by atoms with Gasteiger partial charge in [-0.05, 0) is 51.6 Å². The molecule has 1 spiro atoms. The highest BCUT2D eigenvalue weighted by atomic mass is 35.5. The summed E-state index contributed by atoms with van der Waals surface area (Å²) in [6, 6.07) is 39.7. The Morgan fingerprint density at radius 3 is 1.97 bits per heavy atom. The minimum Gasteiger partial charge on any atom is -0.309 e. The second kappa shape index (κ2) is 5.95. The number of hydrogen-bond donors (Lipinski definition) is 0. The summed E-state index contributed by atoms with van der Waals surface area (Å²) in [5.74, 6) is 0. The van der Waals surface area contributed by atoms with Gasteiger partial charge in [0, 0.05) is 15.8 Å². The second-order valence-electron chi connectivity index (χ2n) is 9.06. The van der Waals surface area contributed by atoms with Gasteiger partial charge in [0.1, 0.15) is 0 Å². The molecule has 1 aromatic heterocycles. The number of para-hydroxylation sites is 2. The summed E-state index contributed by atoms with van der Waals surface area (Å²) < 4.78 is 2.43. The number of hydrogen-bond acceptors (Lipinski definition) is 0. The van der Waals surface area contributed by atoms with Gasteiger partial charge in [-0.2, -0.15) is 0 Å². The Morgan fingerprint density at radius 2 is 1.18 bits per heavy atom. The van der Waals surface area contributed by atoms with Crippen LogP contribution in [-0.2, 0) is 5.41 Å². The van der Waals surface area contributed by atoms with E-state index < -0.39 is 0 Å².